The third kappa shape index (κ3) is 38.9. The van der Waals surface area contributed by atoms with Crippen LogP contribution < -0.4 is 10.6 Å². The molecule has 8 nitrogen and oxygen atoms in total. The molecule has 8 heteroatoms. The van der Waals surface area contributed by atoms with Crippen molar-refractivity contribution in [3.63, 3.8) is 0 Å². The maximum absolute atomic E-state index is 12.6. The van der Waals surface area contributed by atoms with Crippen LogP contribution in [0.2, 0.25) is 0 Å². The summed E-state index contributed by atoms with van der Waals surface area (Å²) in [4.78, 5) is 37.2. The fraction of sp³-hybridized carbons (Fsp3) is 0.841. The zero-order valence-electron chi connectivity index (χ0n) is 34.2. The van der Waals surface area contributed by atoms with E-state index in [9.17, 15) is 14.4 Å². The van der Waals surface area contributed by atoms with Crippen LogP contribution in [0.25, 0.3) is 0 Å². The summed E-state index contributed by atoms with van der Waals surface area (Å²) in [6.45, 7) is 8.03. The Morgan fingerprint density at radius 3 is 1.40 bits per heavy atom. The van der Waals surface area contributed by atoms with Crippen molar-refractivity contribution < 1.29 is 28.6 Å². The Morgan fingerprint density at radius 2 is 0.942 bits per heavy atom. The molecule has 304 valence electrons. The van der Waals surface area contributed by atoms with Crippen LogP contribution in [0.1, 0.15) is 201 Å². The van der Waals surface area contributed by atoms with Crippen molar-refractivity contribution in [3.8, 4) is 0 Å². The highest BCUT2D eigenvalue weighted by atomic mass is 16.6. The summed E-state index contributed by atoms with van der Waals surface area (Å²) >= 11 is 0. The lowest BCUT2D eigenvalue weighted by Gasteiger charge is -2.19. The van der Waals surface area contributed by atoms with Gasteiger partial charge in [-0.05, 0) is 70.8 Å². The van der Waals surface area contributed by atoms with E-state index in [1.165, 1.54) is 109 Å². The van der Waals surface area contributed by atoms with Crippen molar-refractivity contribution >= 4 is 18.0 Å². The standard InChI is InChI=1S/C44H82N2O6/c1-4-7-9-11-13-15-17-19-21-23-25-27-29-31-33-35-42(47)51-40-41(39-46-44(49)50-38-37-45-6-3)52-43(48)36-34-32-30-28-26-24-22-20-18-16-14-12-10-8-5-2/h19-22,41,45H,4-18,23-40H2,1-3H3,(H,46,49). The molecular formula is C44H82N2O6. The molecule has 0 aliphatic heterocycles. The summed E-state index contributed by atoms with van der Waals surface area (Å²) in [5, 5.41) is 5.73. The molecular weight excluding hydrogens is 652 g/mol. The molecule has 0 bridgehead atoms. The highest BCUT2D eigenvalue weighted by Gasteiger charge is 2.18. The minimum absolute atomic E-state index is 0.0266. The molecule has 52 heavy (non-hydrogen) atoms. The van der Waals surface area contributed by atoms with Crippen molar-refractivity contribution in [2.75, 3.05) is 32.8 Å². The van der Waals surface area contributed by atoms with Gasteiger partial charge in [-0.1, -0.05) is 148 Å². The molecule has 0 aliphatic rings. The van der Waals surface area contributed by atoms with Gasteiger partial charge >= 0.3 is 18.0 Å². The fourth-order valence-corrected chi connectivity index (χ4v) is 5.96. The fourth-order valence-electron chi connectivity index (χ4n) is 5.96. The van der Waals surface area contributed by atoms with Crippen LogP contribution in [-0.2, 0) is 23.8 Å². The van der Waals surface area contributed by atoms with Gasteiger partial charge in [-0.25, -0.2) is 4.79 Å². The summed E-state index contributed by atoms with van der Waals surface area (Å²) < 4.78 is 16.3. The van der Waals surface area contributed by atoms with E-state index in [-0.39, 0.29) is 31.7 Å². The molecule has 0 rings (SSSR count). The van der Waals surface area contributed by atoms with Crippen LogP contribution in [0.5, 0.6) is 0 Å². The summed E-state index contributed by atoms with van der Waals surface area (Å²) in [5.74, 6) is -0.637. The number of unbranched alkanes of at least 4 members (excludes halogenated alkanes) is 22. The van der Waals surface area contributed by atoms with Crippen LogP contribution in [-0.4, -0.2) is 57.0 Å². The maximum atomic E-state index is 12.6. The van der Waals surface area contributed by atoms with Crippen LogP contribution in [0, 0.1) is 0 Å². The monoisotopic (exact) mass is 735 g/mol. The number of esters is 2. The molecule has 0 aromatic rings. The summed E-state index contributed by atoms with van der Waals surface area (Å²) in [6, 6.07) is 0. The van der Waals surface area contributed by atoms with Crippen LogP contribution >= 0.6 is 0 Å². The number of carbonyl (C=O) groups is 3. The number of rotatable bonds is 39. The zero-order chi connectivity index (χ0) is 38.0. The summed E-state index contributed by atoms with van der Waals surface area (Å²) in [5.41, 5.74) is 0. The number of nitrogens with one attached hydrogen (secondary N) is 2. The molecule has 0 saturated heterocycles. The SMILES string of the molecule is CCCCCCCCC=CCCCCCCCC(=O)OCC(CNC(=O)OCCNCC)OC(=O)CCCCCCCC=CCCCCCCCC. The van der Waals surface area contributed by atoms with Gasteiger partial charge in [0.1, 0.15) is 13.2 Å². The molecule has 1 amide bonds. The highest BCUT2D eigenvalue weighted by Crippen LogP contribution is 2.13. The maximum Gasteiger partial charge on any atom is 0.407 e. The van der Waals surface area contributed by atoms with Gasteiger partial charge < -0.3 is 24.8 Å². The largest absolute Gasteiger partial charge is 0.462 e. The van der Waals surface area contributed by atoms with E-state index >= 15 is 0 Å². The molecule has 0 aromatic carbocycles. The highest BCUT2D eigenvalue weighted by molar-refractivity contribution is 5.70. The van der Waals surface area contributed by atoms with Crippen molar-refractivity contribution in [3.05, 3.63) is 24.3 Å². The van der Waals surface area contributed by atoms with Gasteiger partial charge in [-0.3, -0.25) is 9.59 Å². The van der Waals surface area contributed by atoms with E-state index in [0.717, 1.165) is 64.3 Å². The Kier molecular flexibility index (Phi) is 39.5. The van der Waals surface area contributed by atoms with Crippen LogP contribution in [0.3, 0.4) is 0 Å². The Balaban J connectivity index is 4.20. The predicted octanol–water partition coefficient (Wildman–Crippen LogP) is 11.9. The lowest BCUT2D eigenvalue weighted by molar-refractivity contribution is -0.158. The molecule has 1 atom stereocenters. The first kappa shape index (κ1) is 49.6. The lowest BCUT2D eigenvalue weighted by atomic mass is 10.1. The lowest BCUT2D eigenvalue weighted by Crippen LogP contribution is -2.39. The van der Waals surface area contributed by atoms with Crippen LogP contribution in [0.15, 0.2) is 24.3 Å². The van der Waals surface area contributed by atoms with Gasteiger partial charge in [0.2, 0.25) is 0 Å². The van der Waals surface area contributed by atoms with Gasteiger partial charge in [0.15, 0.2) is 6.10 Å². The van der Waals surface area contributed by atoms with E-state index in [2.05, 4.69) is 48.8 Å². The average molecular weight is 735 g/mol. The molecule has 0 aliphatic carbocycles. The molecule has 0 radical (unpaired) electrons. The third-order valence-electron chi connectivity index (χ3n) is 9.25. The number of likely N-dealkylation sites (N-methyl/N-ethyl adjacent to an activating group) is 1. The molecule has 0 spiro atoms. The second-order valence-electron chi connectivity index (χ2n) is 14.3. The third-order valence-corrected chi connectivity index (χ3v) is 9.25. The molecule has 1 unspecified atom stereocenters. The first-order valence-corrected chi connectivity index (χ1v) is 21.8. The van der Waals surface area contributed by atoms with Gasteiger partial charge in [0.05, 0.1) is 6.54 Å². The van der Waals surface area contributed by atoms with E-state index < -0.39 is 12.2 Å². The van der Waals surface area contributed by atoms with Crippen molar-refractivity contribution in [1.82, 2.24) is 10.6 Å². The van der Waals surface area contributed by atoms with Gasteiger partial charge in [-0.15, -0.1) is 0 Å². The van der Waals surface area contributed by atoms with Gasteiger partial charge in [-0.2, -0.15) is 0 Å². The van der Waals surface area contributed by atoms with Crippen LogP contribution in [0.4, 0.5) is 4.79 Å². The summed E-state index contributed by atoms with van der Waals surface area (Å²) in [7, 11) is 0. The van der Waals surface area contributed by atoms with Crippen molar-refractivity contribution in [1.29, 1.82) is 0 Å². The number of amides is 1. The number of alkyl carbamates (subject to hydrolysis) is 1. The Morgan fingerprint density at radius 1 is 0.519 bits per heavy atom. The molecule has 2 N–H and O–H groups in total. The zero-order valence-corrected chi connectivity index (χ0v) is 34.2. The number of carbonyl (C=O) groups excluding carboxylic acids is 3. The van der Waals surface area contributed by atoms with Crippen molar-refractivity contribution in [2.24, 2.45) is 0 Å². The first-order chi connectivity index (χ1) is 25.5. The minimum atomic E-state index is -0.755. The number of ether oxygens (including phenoxy) is 3. The topological polar surface area (TPSA) is 103 Å². The van der Waals surface area contributed by atoms with E-state index in [1.54, 1.807) is 0 Å². The van der Waals surface area contributed by atoms with E-state index in [0.29, 0.717) is 19.4 Å². The van der Waals surface area contributed by atoms with Crippen molar-refractivity contribution in [2.45, 2.75) is 207 Å². The number of hydrogen-bond acceptors (Lipinski definition) is 7. The summed E-state index contributed by atoms with van der Waals surface area (Å²) in [6.07, 6.45) is 39.8. The Bertz CT molecular complexity index is 862. The normalized spacial score (nSPS) is 12.1. The van der Waals surface area contributed by atoms with Gasteiger partial charge in [0, 0.05) is 19.4 Å². The minimum Gasteiger partial charge on any atom is -0.462 e. The Labute approximate surface area is 320 Å². The smallest absolute Gasteiger partial charge is 0.407 e. The predicted molar refractivity (Wildman–Crippen MR) is 218 cm³/mol. The number of allylic oxidation sites excluding steroid dienone is 4. The quantitative estimate of drug-likeness (QED) is 0.0280. The van der Waals surface area contributed by atoms with E-state index in [4.69, 9.17) is 14.2 Å². The molecule has 0 aromatic heterocycles. The molecule has 0 fully saturated rings. The second kappa shape index (κ2) is 41.4. The average Bonchev–Trinajstić information content (AvgIpc) is 3.14. The molecule has 0 saturated carbocycles. The second-order valence-corrected chi connectivity index (χ2v) is 14.3. The first-order valence-electron chi connectivity index (χ1n) is 21.8. The molecule has 0 heterocycles. The van der Waals surface area contributed by atoms with E-state index in [1.807, 2.05) is 6.92 Å². The number of hydrogen-bond donors (Lipinski definition) is 2. The Hall–Kier alpha value is -2.35. The van der Waals surface area contributed by atoms with Gasteiger partial charge in [0.25, 0.3) is 0 Å².